The van der Waals surface area contributed by atoms with Gasteiger partial charge in [-0.15, -0.1) is 0 Å². The fourth-order valence-electron chi connectivity index (χ4n) is 4.76. The van der Waals surface area contributed by atoms with Crippen LogP contribution in [0.5, 0.6) is 0 Å². The van der Waals surface area contributed by atoms with Gasteiger partial charge < -0.3 is 10.6 Å². The van der Waals surface area contributed by atoms with Crippen molar-refractivity contribution in [2.75, 3.05) is 23.7 Å². The summed E-state index contributed by atoms with van der Waals surface area (Å²) in [5.74, 6) is 1.92. The van der Waals surface area contributed by atoms with Crippen LogP contribution in [0.1, 0.15) is 67.7 Å². The molecule has 2 aliphatic rings. The van der Waals surface area contributed by atoms with Gasteiger partial charge in [-0.1, -0.05) is 45.0 Å². The number of anilines is 2. The Bertz CT molecular complexity index is 778. The highest BCUT2D eigenvalue weighted by Crippen LogP contribution is 2.36. The third-order valence-corrected chi connectivity index (χ3v) is 6.23. The quantitative estimate of drug-likeness (QED) is 0.714. The van der Waals surface area contributed by atoms with Gasteiger partial charge in [0, 0.05) is 24.5 Å². The first kappa shape index (κ1) is 17.5. The van der Waals surface area contributed by atoms with Gasteiger partial charge in [0.05, 0.1) is 0 Å². The molecule has 0 aliphatic carbocycles. The van der Waals surface area contributed by atoms with Gasteiger partial charge in [-0.25, -0.2) is 0 Å². The van der Waals surface area contributed by atoms with Gasteiger partial charge in [-0.2, -0.15) is 0 Å². The summed E-state index contributed by atoms with van der Waals surface area (Å²) < 4.78 is 0. The van der Waals surface area contributed by atoms with E-state index in [0.717, 1.165) is 13.1 Å². The predicted octanol–water partition coefficient (Wildman–Crippen LogP) is 5.95. The highest BCUT2D eigenvalue weighted by atomic mass is 14.9. The Labute approximate surface area is 158 Å². The van der Waals surface area contributed by atoms with Crippen LogP contribution in [0.3, 0.4) is 0 Å². The second-order valence-electron chi connectivity index (χ2n) is 8.56. The molecule has 2 atom stereocenters. The largest absolute Gasteiger partial charge is 0.385 e. The van der Waals surface area contributed by atoms with E-state index < -0.39 is 0 Å². The Kier molecular flexibility index (Phi) is 4.93. The summed E-state index contributed by atoms with van der Waals surface area (Å²) >= 11 is 0. The van der Waals surface area contributed by atoms with Crippen molar-refractivity contribution in [2.24, 2.45) is 5.92 Å². The lowest BCUT2D eigenvalue weighted by molar-refractivity contribution is 0.453. The molecule has 138 valence electrons. The monoisotopic (exact) mass is 348 g/mol. The number of fused-ring (bicyclic) bond motifs is 2. The molecule has 2 nitrogen and oxygen atoms in total. The van der Waals surface area contributed by atoms with E-state index in [4.69, 9.17) is 0 Å². The van der Waals surface area contributed by atoms with Crippen molar-refractivity contribution < 1.29 is 0 Å². The molecule has 2 heterocycles. The van der Waals surface area contributed by atoms with Gasteiger partial charge in [-0.05, 0) is 77.8 Å². The van der Waals surface area contributed by atoms with Crippen molar-refractivity contribution in [3.05, 3.63) is 58.7 Å². The molecule has 2 aliphatic heterocycles. The van der Waals surface area contributed by atoms with E-state index in [1.165, 1.54) is 53.7 Å². The molecule has 0 saturated carbocycles. The van der Waals surface area contributed by atoms with Crippen LogP contribution in [0.25, 0.3) is 0 Å². The SMILES string of the molecule is CC(C)c1cccc2c1CC(CC(C)c1ccc3c(c1)CCCN3)CN2. The Morgan fingerprint density at radius 2 is 1.92 bits per heavy atom. The van der Waals surface area contributed by atoms with E-state index in [1.807, 2.05) is 0 Å². The van der Waals surface area contributed by atoms with Gasteiger partial charge in [0.15, 0.2) is 0 Å². The Balaban J connectivity index is 1.48. The molecule has 0 bridgehead atoms. The maximum Gasteiger partial charge on any atom is 0.0375 e. The molecular formula is C24H32N2. The summed E-state index contributed by atoms with van der Waals surface area (Å²) in [5, 5.41) is 7.23. The minimum Gasteiger partial charge on any atom is -0.385 e. The standard InChI is InChI=1S/C24H32N2/c1-16(2)21-7-4-8-24-22(21)13-18(15-26-24)12-17(3)19-9-10-23-20(14-19)6-5-11-25-23/h4,7-10,14,16-18,25-26H,5-6,11-13,15H2,1-3H3. The van der Waals surface area contributed by atoms with Gasteiger partial charge in [0.25, 0.3) is 0 Å². The summed E-state index contributed by atoms with van der Waals surface area (Å²) in [6.07, 6.45) is 4.95. The first-order valence-corrected chi connectivity index (χ1v) is 10.3. The third kappa shape index (κ3) is 3.47. The summed E-state index contributed by atoms with van der Waals surface area (Å²) in [7, 11) is 0. The van der Waals surface area contributed by atoms with Crippen molar-refractivity contribution in [1.82, 2.24) is 0 Å². The van der Waals surface area contributed by atoms with Crippen LogP contribution >= 0.6 is 0 Å². The summed E-state index contributed by atoms with van der Waals surface area (Å²) in [4.78, 5) is 0. The number of benzene rings is 2. The Morgan fingerprint density at radius 1 is 1.04 bits per heavy atom. The average molecular weight is 349 g/mol. The second kappa shape index (κ2) is 7.34. The zero-order valence-corrected chi connectivity index (χ0v) is 16.4. The van der Waals surface area contributed by atoms with Crippen LogP contribution in [-0.2, 0) is 12.8 Å². The molecule has 2 aromatic rings. The van der Waals surface area contributed by atoms with Gasteiger partial charge in [-0.3, -0.25) is 0 Å². The van der Waals surface area contributed by atoms with Crippen molar-refractivity contribution in [2.45, 2.75) is 58.3 Å². The lowest BCUT2D eigenvalue weighted by Gasteiger charge is -2.31. The molecule has 26 heavy (non-hydrogen) atoms. The molecule has 0 saturated heterocycles. The van der Waals surface area contributed by atoms with Crippen molar-refractivity contribution >= 4 is 11.4 Å². The zero-order valence-electron chi connectivity index (χ0n) is 16.4. The highest BCUT2D eigenvalue weighted by Gasteiger charge is 2.24. The molecule has 2 heteroatoms. The fraction of sp³-hybridized carbons (Fsp3) is 0.500. The molecule has 0 fully saturated rings. The Morgan fingerprint density at radius 3 is 2.77 bits per heavy atom. The number of hydrogen-bond donors (Lipinski definition) is 2. The topological polar surface area (TPSA) is 24.1 Å². The summed E-state index contributed by atoms with van der Waals surface area (Å²) in [5.41, 5.74) is 8.81. The van der Waals surface area contributed by atoms with E-state index in [-0.39, 0.29) is 0 Å². The van der Waals surface area contributed by atoms with Crippen molar-refractivity contribution in [1.29, 1.82) is 0 Å². The van der Waals surface area contributed by atoms with Crippen LogP contribution in [0.15, 0.2) is 36.4 Å². The van der Waals surface area contributed by atoms with Crippen molar-refractivity contribution in [3.8, 4) is 0 Å². The molecule has 0 radical (unpaired) electrons. The zero-order chi connectivity index (χ0) is 18.1. The number of aryl methyl sites for hydroxylation is 1. The average Bonchev–Trinajstić information content (AvgIpc) is 2.67. The normalized spacial score (nSPS) is 19.9. The minimum atomic E-state index is 0.594. The third-order valence-electron chi connectivity index (χ3n) is 6.23. The number of hydrogen-bond acceptors (Lipinski definition) is 2. The van der Waals surface area contributed by atoms with Crippen LogP contribution < -0.4 is 10.6 Å². The smallest absolute Gasteiger partial charge is 0.0375 e. The molecule has 0 spiro atoms. The lowest BCUT2D eigenvalue weighted by Crippen LogP contribution is -2.25. The van der Waals surface area contributed by atoms with Crippen LogP contribution in [0.4, 0.5) is 11.4 Å². The highest BCUT2D eigenvalue weighted by molar-refractivity contribution is 5.58. The molecular weight excluding hydrogens is 316 g/mol. The van der Waals surface area contributed by atoms with E-state index in [2.05, 4.69) is 67.8 Å². The first-order valence-electron chi connectivity index (χ1n) is 10.3. The molecule has 0 amide bonds. The van der Waals surface area contributed by atoms with Gasteiger partial charge in [0.1, 0.15) is 0 Å². The maximum absolute atomic E-state index is 3.70. The second-order valence-corrected chi connectivity index (χ2v) is 8.56. The lowest BCUT2D eigenvalue weighted by atomic mass is 9.81. The number of rotatable bonds is 4. The minimum absolute atomic E-state index is 0.594. The summed E-state index contributed by atoms with van der Waals surface area (Å²) in [6, 6.07) is 13.9. The fourth-order valence-corrected chi connectivity index (χ4v) is 4.76. The molecule has 0 aromatic heterocycles. The van der Waals surface area contributed by atoms with Gasteiger partial charge in [0.2, 0.25) is 0 Å². The number of nitrogens with one attached hydrogen (secondary N) is 2. The summed E-state index contributed by atoms with van der Waals surface area (Å²) in [6.45, 7) is 9.24. The molecule has 2 N–H and O–H groups in total. The van der Waals surface area contributed by atoms with Crippen LogP contribution in [0.2, 0.25) is 0 Å². The first-order chi connectivity index (χ1) is 12.6. The molecule has 4 rings (SSSR count). The predicted molar refractivity (Wildman–Crippen MR) is 112 cm³/mol. The van der Waals surface area contributed by atoms with E-state index in [9.17, 15) is 0 Å². The van der Waals surface area contributed by atoms with E-state index in [1.54, 1.807) is 5.56 Å². The maximum atomic E-state index is 3.70. The van der Waals surface area contributed by atoms with Crippen molar-refractivity contribution in [3.63, 3.8) is 0 Å². The molecule has 2 aromatic carbocycles. The molecule has 2 unspecified atom stereocenters. The van der Waals surface area contributed by atoms with E-state index in [0.29, 0.717) is 17.8 Å². The Hall–Kier alpha value is -1.96. The van der Waals surface area contributed by atoms with Crippen LogP contribution in [0, 0.1) is 5.92 Å². The van der Waals surface area contributed by atoms with Crippen LogP contribution in [-0.4, -0.2) is 13.1 Å². The van der Waals surface area contributed by atoms with E-state index >= 15 is 0 Å². The van der Waals surface area contributed by atoms with Gasteiger partial charge >= 0.3 is 0 Å².